The molecule has 4 nitrogen and oxygen atoms in total. The Morgan fingerprint density at radius 3 is 2.57 bits per heavy atom. The first-order valence-electron chi connectivity index (χ1n) is 8.01. The van der Waals surface area contributed by atoms with Crippen LogP contribution in [0.5, 0.6) is 5.75 Å². The van der Waals surface area contributed by atoms with Crippen LogP contribution in [0.2, 0.25) is 0 Å². The average molecular weight is 290 g/mol. The zero-order valence-corrected chi connectivity index (χ0v) is 13.2. The molecular weight excluding hydrogens is 264 g/mol. The number of benzene rings is 1. The Hall–Kier alpha value is -1.55. The second-order valence-corrected chi connectivity index (χ2v) is 5.52. The highest BCUT2D eigenvalue weighted by Crippen LogP contribution is 2.18. The van der Waals surface area contributed by atoms with Crippen molar-refractivity contribution in [1.82, 2.24) is 9.80 Å². The van der Waals surface area contributed by atoms with Crippen LogP contribution in [0.4, 0.5) is 4.79 Å². The highest BCUT2D eigenvalue weighted by atomic mass is 16.6. The Morgan fingerprint density at radius 1 is 1.19 bits per heavy atom. The van der Waals surface area contributed by atoms with Crippen molar-refractivity contribution in [2.75, 3.05) is 26.2 Å². The van der Waals surface area contributed by atoms with E-state index >= 15 is 0 Å². The van der Waals surface area contributed by atoms with Gasteiger partial charge in [-0.25, -0.2) is 4.79 Å². The molecule has 1 heterocycles. The summed E-state index contributed by atoms with van der Waals surface area (Å²) in [5.74, 6) is 0.640. The van der Waals surface area contributed by atoms with Crippen LogP contribution in [-0.2, 0) is 6.54 Å². The summed E-state index contributed by atoms with van der Waals surface area (Å²) in [6, 6.07) is 7.89. The van der Waals surface area contributed by atoms with Gasteiger partial charge in [-0.1, -0.05) is 18.6 Å². The molecule has 0 unspecified atom stereocenters. The molecule has 0 radical (unpaired) electrons. The monoisotopic (exact) mass is 290 g/mol. The quantitative estimate of drug-likeness (QED) is 0.832. The second-order valence-electron chi connectivity index (χ2n) is 5.52. The van der Waals surface area contributed by atoms with Crippen LogP contribution < -0.4 is 4.74 Å². The molecule has 1 aliphatic heterocycles. The third kappa shape index (κ3) is 4.74. The maximum Gasteiger partial charge on any atom is 0.415 e. The summed E-state index contributed by atoms with van der Waals surface area (Å²) in [6.45, 7) is 8.53. The number of hydrogen-bond donors (Lipinski definition) is 0. The average Bonchev–Trinajstić information content (AvgIpc) is 2.50. The van der Waals surface area contributed by atoms with Crippen molar-refractivity contribution in [3.8, 4) is 5.75 Å². The van der Waals surface area contributed by atoms with Gasteiger partial charge in [-0.05, 0) is 57.5 Å². The normalized spacial score (nSPS) is 15.7. The molecule has 1 saturated heterocycles. The van der Waals surface area contributed by atoms with Gasteiger partial charge in [-0.3, -0.25) is 4.90 Å². The molecule has 0 bridgehead atoms. The summed E-state index contributed by atoms with van der Waals surface area (Å²) >= 11 is 0. The molecule has 21 heavy (non-hydrogen) atoms. The number of carbonyl (C=O) groups is 1. The van der Waals surface area contributed by atoms with Gasteiger partial charge in [0.2, 0.25) is 0 Å². The van der Waals surface area contributed by atoms with Crippen molar-refractivity contribution in [2.24, 2.45) is 0 Å². The maximum absolute atomic E-state index is 12.0. The van der Waals surface area contributed by atoms with Crippen molar-refractivity contribution in [1.29, 1.82) is 0 Å². The van der Waals surface area contributed by atoms with Gasteiger partial charge >= 0.3 is 6.09 Å². The molecule has 1 aromatic rings. The lowest BCUT2D eigenvalue weighted by Gasteiger charge is -2.26. The Labute approximate surface area is 127 Å². The molecule has 0 spiro atoms. The lowest BCUT2D eigenvalue weighted by Crippen LogP contribution is -2.33. The van der Waals surface area contributed by atoms with Gasteiger partial charge in [0.05, 0.1) is 0 Å². The molecule has 0 atom stereocenters. The number of carbonyl (C=O) groups excluding carboxylic acids is 1. The van der Waals surface area contributed by atoms with Gasteiger partial charge in [-0.2, -0.15) is 0 Å². The number of likely N-dealkylation sites (tertiary alicyclic amines) is 1. The smallest absolute Gasteiger partial charge is 0.410 e. The van der Waals surface area contributed by atoms with E-state index in [1.54, 1.807) is 4.90 Å². The summed E-state index contributed by atoms with van der Waals surface area (Å²) in [5.41, 5.74) is 1.21. The fraction of sp³-hybridized carbons (Fsp3) is 0.588. The molecule has 0 saturated carbocycles. The molecular formula is C17H26N2O2. The second kappa shape index (κ2) is 8.03. The van der Waals surface area contributed by atoms with Crippen molar-refractivity contribution < 1.29 is 9.53 Å². The van der Waals surface area contributed by atoms with Crippen LogP contribution in [0.1, 0.15) is 38.7 Å². The van der Waals surface area contributed by atoms with Crippen molar-refractivity contribution in [3.63, 3.8) is 0 Å². The maximum atomic E-state index is 12.0. The summed E-state index contributed by atoms with van der Waals surface area (Å²) in [6.07, 6.45) is 3.65. The SMILES string of the molecule is CCN(CC)C(=O)Oc1cccc(CN2CCCCC2)c1. The van der Waals surface area contributed by atoms with Crippen LogP contribution in [0, 0.1) is 0 Å². The lowest BCUT2D eigenvalue weighted by molar-refractivity contribution is 0.157. The van der Waals surface area contributed by atoms with E-state index in [9.17, 15) is 4.79 Å². The van der Waals surface area contributed by atoms with Gasteiger partial charge in [-0.15, -0.1) is 0 Å². The largest absolute Gasteiger partial charge is 0.415 e. The van der Waals surface area contributed by atoms with E-state index in [-0.39, 0.29) is 6.09 Å². The van der Waals surface area contributed by atoms with Crippen LogP contribution >= 0.6 is 0 Å². The number of hydrogen-bond acceptors (Lipinski definition) is 3. The first-order chi connectivity index (χ1) is 10.2. The molecule has 1 fully saturated rings. The minimum atomic E-state index is -0.268. The third-order valence-corrected chi connectivity index (χ3v) is 3.98. The fourth-order valence-corrected chi connectivity index (χ4v) is 2.73. The summed E-state index contributed by atoms with van der Waals surface area (Å²) in [7, 11) is 0. The topological polar surface area (TPSA) is 32.8 Å². The summed E-state index contributed by atoms with van der Waals surface area (Å²) in [5, 5.41) is 0. The molecule has 0 aliphatic carbocycles. The van der Waals surface area contributed by atoms with E-state index in [1.807, 2.05) is 32.0 Å². The summed E-state index contributed by atoms with van der Waals surface area (Å²) < 4.78 is 5.46. The number of ether oxygens (including phenoxy) is 1. The molecule has 1 aliphatic rings. The van der Waals surface area contributed by atoms with E-state index in [2.05, 4.69) is 11.0 Å². The first kappa shape index (κ1) is 15.8. The van der Waals surface area contributed by atoms with E-state index < -0.39 is 0 Å². The summed E-state index contributed by atoms with van der Waals surface area (Å²) in [4.78, 5) is 16.1. The van der Waals surface area contributed by atoms with E-state index in [1.165, 1.54) is 37.9 Å². The highest BCUT2D eigenvalue weighted by molar-refractivity contribution is 5.70. The number of piperidine rings is 1. The Bertz CT molecular complexity index is 452. The molecule has 116 valence electrons. The minimum absolute atomic E-state index is 0.268. The number of rotatable bonds is 5. The van der Waals surface area contributed by atoms with Crippen LogP contribution in [0.25, 0.3) is 0 Å². The molecule has 0 N–H and O–H groups in total. The van der Waals surface area contributed by atoms with Gasteiger partial charge < -0.3 is 9.64 Å². The molecule has 1 aromatic carbocycles. The van der Waals surface area contributed by atoms with E-state index in [4.69, 9.17) is 4.74 Å². The standard InChI is InChI=1S/C17H26N2O2/c1-3-19(4-2)17(20)21-16-10-8-9-15(13-16)14-18-11-6-5-7-12-18/h8-10,13H,3-7,11-12,14H2,1-2H3. The first-order valence-corrected chi connectivity index (χ1v) is 8.01. The predicted octanol–water partition coefficient (Wildman–Crippen LogP) is 3.51. The highest BCUT2D eigenvalue weighted by Gasteiger charge is 2.13. The molecule has 2 rings (SSSR count). The van der Waals surface area contributed by atoms with Gasteiger partial charge in [0, 0.05) is 19.6 Å². The van der Waals surface area contributed by atoms with Gasteiger partial charge in [0.15, 0.2) is 0 Å². The lowest BCUT2D eigenvalue weighted by atomic mass is 10.1. The van der Waals surface area contributed by atoms with Gasteiger partial charge in [0.1, 0.15) is 5.75 Å². The third-order valence-electron chi connectivity index (χ3n) is 3.98. The Kier molecular flexibility index (Phi) is 6.05. The van der Waals surface area contributed by atoms with E-state index in [0.717, 1.165) is 6.54 Å². The Morgan fingerprint density at radius 2 is 1.90 bits per heavy atom. The number of nitrogens with zero attached hydrogens (tertiary/aromatic N) is 2. The predicted molar refractivity (Wildman–Crippen MR) is 84.5 cm³/mol. The molecule has 4 heteroatoms. The van der Waals surface area contributed by atoms with E-state index in [0.29, 0.717) is 18.8 Å². The fourth-order valence-electron chi connectivity index (χ4n) is 2.73. The minimum Gasteiger partial charge on any atom is -0.410 e. The zero-order chi connectivity index (χ0) is 15.1. The van der Waals surface area contributed by atoms with Crippen molar-refractivity contribution in [3.05, 3.63) is 29.8 Å². The van der Waals surface area contributed by atoms with Crippen molar-refractivity contribution >= 4 is 6.09 Å². The van der Waals surface area contributed by atoms with Gasteiger partial charge in [0.25, 0.3) is 0 Å². The zero-order valence-electron chi connectivity index (χ0n) is 13.2. The van der Waals surface area contributed by atoms with Crippen LogP contribution in [0.15, 0.2) is 24.3 Å². The Balaban J connectivity index is 1.95. The van der Waals surface area contributed by atoms with Crippen molar-refractivity contribution in [2.45, 2.75) is 39.7 Å². The molecule has 0 aromatic heterocycles. The van der Waals surface area contributed by atoms with Crippen LogP contribution in [-0.4, -0.2) is 42.1 Å². The molecule has 1 amide bonds. The van der Waals surface area contributed by atoms with Crippen LogP contribution in [0.3, 0.4) is 0 Å². The number of amides is 1.